The highest BCUT2D eigenvalue weighted by Crippen LogP contribution is 1.74. The molecule has 0 aromatic carbocycles. The Morgan fingerprint density at radius 1 is 1.67 bits per heavy atom. The molecule has 0 saturated carbocycles. The summed E-state index contributed by atoms with van der Waals surface area (Å²) in [6.07, 6.45) is 2.69. The summed E-state index contributed by atoms with van der Waals surface area (Å²) in [5.41, 5.74) is 0. The minimum atomic E-state index is 0.323. The summed E-state index contributed by atoms with van der Waals surface area (Å²) >= 11 is 0. The zero-order valence-electron chi connectivity index (χ0n) is 5.64. The minimum absolute atomic E-state index is 0.323. The molecule has 0 saturated heterocycles. The van der Waals surface area contributed by atoms with Crippen LogP contribution in [0.15, 0.2) is 0 Å². The average molecular weight is 130 g/mol. The van der Waals surface area contributed by atoms with Gasteiger partial charge in [-0.05, 0) is 13.0 Å². The Labute approximate surface area is 55.4 Å². The van der Waals surface area contributed by atoms with Crippen LogP contribution in [0.25, 0.3) is 0 Å². The van der Waals surface area contributed by atoms with Gasteiger partial charge in [-0.15, -0.1) is 0 Å². The normalized spacial score (nSPS) is 9.44. The van der Waals surface area contributed by atoms with Crippen molar-refractivity contribution in [3.63, 3.8) is 0 Å². The second-order valence-electron chi connectivity index (χ2n) is 1.67. The van der Waals surface area contributed by atoms with Gasteiger partial charge in [0.25, 0.3) is 0 Å². The maximum absolute atomic E-state index is 9.62. The van der Waals surface area contributed by atoms with E-state index in [4.69, 9.17) is 4.74 Å². The van der Waals surface area contributed by atoms with Crippen molar-refractivity contribution in [1.29, 1.82) is 0 Å². The summed E-state index contributed by atoms with van der Waals surface area (Å²) in [7, 11) is 1.66. The summed E-state index contributed by atoms with van der Waals surface area (Å²) in [4.78, 5) is 9.62. The number of carbonyl (C=O) groups excluding carboxylic acids is 1. The molecule has 0 bridgehead atoms. The SMILES string of the molecule is COCCCNC[C]=O. The van der Waals surface area contributed by atoms with Gasteiger partial charge in [0, 0.05) is 13.7 Å². The van der Waals surface area contributed by atoms with Crippen molar-refractivity contribution in [2.45, 2.75) is 6.42 Å². The van der Waals surface area contributed by atoms with Gasteiger partial charge >= 0.3 is 0 Å². The largest absolute Gasteiger partial charge is 0.385 e. The molecule has 0 unspecified atom stereocenters. The lowest BCUT2D eigenvalue weighted by Crippen LogP contribution is -2.18. The fourth-order valence-electron chi connectivity index (χ4n) is 0.481. The highest BCUT2D eigenvalue weighted by atomic mass is 16.5. The Bertz CT molecular complexity index is 66.1. The molecule has 0 rings (SSSR count). The van der Waals surface area contributed by atoms with Crippen LogP contribution in [0.5, 0.6) is 0 Å². The Morgan fingerprint density at radius 3 is 3.00 bits per heavy atom. The second-order valence-corrected chi connectivity index (χ2v) is 1.67. The fraction of sp³-hybridized carbons (Fsp3) is 0.833. The van der Waals surface area contributed by atoms with E-state index in [1.54, 1.807) is 13.4 Å². The van der Waals surface area contributed by atoms with Gasteiger partial charge < -0.3 is 10.1 Å². The first-order valence-electron chi connectivity index (χ1n) is 2.96. The number of nitrogens with one attached hydrogen (secondary N) is 1. The lowest BCUT2D eigenvalue weighted by molar-refractivity contribution is 0.194. The molecule has 0 aliphatic rings. The third-order valence-electron chi connectivity index (χ3n) is 0.899. The molecular weight excluding hydrogens is 118 g/mol. The first-order valence-corrected chi connectivity index (χ1v) is 2.96. The summed E-state index contributed by atoms with van der Waals surface area (Å²) in [5, 5.41) is 2.87. The van der Waals surface area contributed by atoms with Gasteiger partial charge in [-0.3, -0.25) is 4.79 Å². The van der Waals surface area contributed by atoms with Gasteiger partial charge in [0.05, 0.1) is 6.54 Å². The molecule has 0 heterocycles. The molecule has 1 radical (unpaired) electrons. The molecule has 0 amide bonds. The van der Waals surface area contributed by atoms with E-state index >= 15 is 0 Å². The molecule has 1 N–H and O–H groups in total. The lowest BCUT2D eigenvalue weighted by atomic mass is 10.4. The predicted molar refractivity (Wildman–Crippen MR) is 35.1 cm³/mol. The van der Waals surface area contributed by atoms with E-state index in [-0.39, 0.29) is 0 Å². The van der Waals surface area contributed by atoms with Crippen molar-refractivity contribution in [1.82, 2.24) is 5.32 Å². The van der Waals surface area contributed by atoms with E-state index in [1.165, 1.54) is 0 Å². The molecule has 0 fully saturated rings. The van der Waals surface area contributed by atoms with Gasteiger partial charge in [-0.2, -0.15) is 0 Å². The maximum atomic E-state index is 9.62. The minimum Gasteiger partial charge on any atom is -0.385 e. The van der Waals surface area contributed by atoms with E-state index in [0.29, 0.717) is 6.54 Å². The lowest BCUT2D eigenvalue weighted by Gasteiger charge is -1.97. The number of methoxy groups -OCH3 is 1. The van der Waals surface area contributed by atoms with Crippen LogP contribution in [0, 0.1) is 0 Å². The van der Waals surface area contributed by atoms with Gasteiger partial charge in [0.1, 0.15) is 0 Å². The van der Waals surface area contributed by atoms with Crippen molar-refractivity contribution >= 4 is 6.29 Å². The topological polar surface area (TPSA) is 38.3 Å². The van der Waals surface area contributed by atoms with E-state index in [9.17, 15) is 4.79 Å². The molecule has 3 nitrogen and oxygen atoms in total. The standard InChI is InChI=1S/C6H12NO2/c1-9-6-2-3-7-4-5-8/h7H,2-4,6H2,1H3. The van der Waals surface area contributed by atoms with E-state index < -0.39 is 0 Å². The molecule has 53 valence electrons. The van der Waals surface area contributed by atoms with Crippen molar-refractivity contribution < 1.29 is 9.53 Å². The summed E-state index contributed by atoms with van der Waals surface area (Å²) in [6, 6.07) is 0. The molecule has 0 aliphatic carbocycles. The number of hydrogen-bond donors (Lipinski definition) is 1. The molecule has 0 aliphatic heterocycles. The molecule has 0 aromatic heterocycles. The third-order valence-corrected chi connectivity index (χ3v) is 0.899. The Kier molecular flexibility index (Phi) is 7.24. The second kappa shape index (κ2) is 7.59. The van der Waals surface area contributed by atoms with Crippen molar-refractivity contribution in [2.24, 2.45) is 0 Å². The van der Waals surface area contributed by atoms with E-state index in [2.05, 4.69) is 5.32 Å². The summed E-state index contributed by atoms with van der Waals surface area (Å²) in [5.74, 6) is 0. The number of ether oxygens (including phenoxy) is 1. The third kappa shape index (κ3) is 7.59. The molecule has 0 spiro atoms. The Hall–Kier alpha value is -0.410. The van der Waals surface area contributed by atoms with Crippen LogP contribution in [-0.2, 0) is 9.53 Å². The van der Waals surface area contributed by atoms with Crippen molar-refractivity contribution in [3.05, 3.63) is 0 Å². The molecule has 0 aromatic rings. The monoisotopic (exact) mass is 130 g/mol. The van der Waals surface area contributed by atoms with Crippen LogP contribution < -0.4 is 5.32 Å². The van der Waals surface area contributed by atoms with E-state index in [0.717, 1.165) is 19.6 Å². The highest BCUT2D eigenvalue weighted by Gasteiger charge is 1.84. The smallest absolute Gasteiger partial charge is 0.213 e. The van der Waals surface area contributed by atoms with Crippen LogP contribution in [0.4, 0.5) is 0 Å². The molecular formula is C6H12NO2. The van der Waals surface area contributed by atoms with E-state index in [1.807, 2.05) is 0 Å². The molecule has 9 heavy (non-hydrogen) atoms. The van der Waals surface area contributed by atoms with Crippen LogP contribution in [-0.4, -0.2) is 33.1 Å². The zero-order valence-corrected chi connectivity index (χ0v) is 5.64. The predicted octanol–water partition coefficient (Wildman–Crippen LogP) is -0.278. The van der Waals surface area contributed by atoms with Crippen molar-refractivity contribution in [3.8, 4) is 0 Å². The van der Waals surface area contributed by atoms with Gasteiger partial charge in [0.15, 0.2) is 0 Å². The summed E-state index contributed by atoms with van der Waals surface area (Å²) in [6.45, 7) is 1.89. The Morgan fingerprint density at radius 2 is 2.44 bits per heavy atom. The highest BCUT2D eigenvalue weighted by molar-refractivity contribution is 5.52. The van der Waals surface area contributed by atoms with Crippen molar-refractivity contribution in [2.75, 3.05) is 26.8 Å². The first kappa shape index (κ1) is 8.59. The quantitative estimate of drug-likeness (QED) is 0.503. The van der Waals surface area contributed by atoms with Crippen LogP contribution in [0.3, 0.4) is 0 Å². The van der Waals surface area contributed by atoms with Crippen LogP contribution in [0.1, 0.15) is 6.42 Å². The average Bonchev–Trinajstić information content (AvgIpc) is 1.89. The first-order chi connectivity index (χ1) is 4.41. The molecule has 3 heteroatoms. The molecule has 0 atom stereocenters. The zero-order chi connectivity index (χ0) is 6.95. The van der Waals surface area contributed by atoms with Gasteiger partial charge in [-0.25, -0.2) is 0 Å². The van der Waals surface area contributed by atoms with Gasteiger partial charge in [-0.1, -0.05) is 0 Å². The van der Waals surface area contributed by atoms with Gasteiger partial charge in [0.2, 0.25) is 6.29 Å². The fourth-order valence-corrected chi connectivity index (χ4v) is 0.481. The summed E-state index contributed by atoms with van der Waals surface area (Å²) < 4.78 is 4.78. The number of hydrogen-bond acceptors (Lipinski definition) is 3. The Balaban J connectivity index is 2.66. The number of rotatable bonds is 6. The maximum Gasteiger partial charge on any atom is 0.213 e. The van der Waals surface area contributed by atoms with Crippen LogP contribution >= 0.6 is 0 Å². The van der Waals surface area contributed by atoms with Crippen LogP contribution in [0.2, 0.25) is 0 Å².